The highest BCUT2D eigenvalue weighted by atomic mass is 35.5. The molecule has 1 aromatic carbocycles. The van der Waals surface area contributed by atoms with Crippen LogP contribution in [-0.2, 0) is 11.2 Å². The smallest absolute Gasteiger partial charge is 0.320 e. The quantitative estimate of drug-likeness (QED) is 0.802. The molecule has 1 heterocycles. The molecule has 0 aliphatic rings. The third-order valence-corrected chi connectivity index (χ3v) is 2.43. The molecule has 1 atom stereocenters. The highest BCUT2D eigenvalue weighted by molar-refractivity contribution is 5.86. The van der Waals surface area contributed by atoms with E-state index in [1.807, 2.05) is 30.5 Å². The van der Waals surface area contributed by atoms with Gasteiger partial charge in [0.1, 0.15) is 6.04 Å². The fraction of sp³-hybridized carbons (Fsp3) is 0.182. The van der Waals surface area contributed by atoms with Crippen LogP contribution in [0.25, 0.3) is 10.9 Å². The molecule has 6 heteroatoms. The maximum atomic E-state index is 10.6. The van der Waals surface area contributed by atoms with Gasteiger partial charge in [0.05, 0.1) is 0 Å². The molecule has 4 nitrogen and oxygen atoms in total. The average Bonchev–Trinajstić information content (AvgIpc) is 2.62. The Morgan fingerprint density at radius 3 is 2.65 bits per heavy atom. The van der Waals surface area contributed by atoms with Crippen molar-refractivity contribution < 1.29 is 9.90 Å². The lowest BCUT2D eigenvalue weighted by Crippen LogP contribution is -2.32. The molecular weight excluding hydrogens is 263 g/mol. The van der Waals surface area contributed by atoms with E-state index in [0.717, 1.165) is 16.5 Å². The number of benzene rings is 1. The van der Waals surface area contributed by atoms with Crippen molar-refractivity contribution in [3.63, 3.8) is 0 Å². The van der Waals surface area contributed by atoms with E-state index in [-0.39, 0.29) is 24.8 Å². The van der Waals surface area contributed by atoms with Crippen molar-refractivity contribution in [1.29, 1.82) is 0 Å². The number of aliphatic carboxylic acids is 1. The first-order chi connectivity index (χ1) is 7.18. The SMILES string of the molecule is Cl.Cl.NC(Cc1c[nH]c2ccccc12)C(=O)O. The summed E-state index contributed by atoms with van der Waals surface area (Å²) < 4.78 is 0. The Labute approximate surface area is 111 Å². The normalized spacial score (nSPS) is 11.4. The largest absolute Gasteiger partial charge is 0.480 e. The summed E-state index contributed by atoms with van der Waals surface area (Å²) in [5.74, 6) is -0.972. The van der Waals surface area contributed by atoms with Gasteiger partial charge in [-0.2, -0.15) is 0 Å². The third-order valence-electron chi connectivity index (χ3n) is 2.43. The summed E-state index contributed by atoms with van der Waals surface area (Å²) in [4.78, 5) is 13.7. The Bertz CT molecular complexity index is 499. The second-order valence-electron chi connectivity index (χ2n) is 3.51. The molecular formula is C11H14Cl2N2O2. The summed E-state index contributed by atoms with van der Waals surface area (Å²) in [6.07, 6.45) is 2.16. The average molecular weight is 277 g/mol. The van der Waals surface area contributed by atoms with Crippen LogP contribution >= 0.6 is 24.8 Å². The molecule has 1 unspecified atom stereocenters. The molecule has 4 N–H and O–H groups in total. The van der Waals surface area contributed by atoms with E-state index < -0.39 is 12.0 Å². The van der Waals surface area contributed by atoms with Gasteiger partial charge in [0.15, 0.2) is 0 Å². The zero-order valence-corrected chi connectivity index (χ0v) is 10.6. The maximum Gasteiger partial charge on any atom is 0.320 e. The molecule has 0 radical (unpaired) electrons. The van der Waals surface area contributed by atoms with Crippen molar-refractivity contribution in [3.05, 3.63) is 36.0 Å². The molecule has 0 aliphatic carbocycles. The van der Waals surface area contributed by atoms with E-state index >= 15 is 0 Å². The first-order valence-corrected chi connectivity index (χ1v) is 4.72. The van der Waals surface area contributed by atoms with Crippen LogP contribution in [0.2, 0.25) is 0 Å². The minimum Gasteiger partial charge on any atom is -0.480 e. The number of carboxylic acids is 1. The van der Waals surface area contributed by atoms with Crippen molar-refractivity contribution in [2.45, 2.75) is 12.5 Å². The fourth-order valence-electron chi connectivity index (χ4n) is 1.62. The van der Waals surface area contributed by atoms with Gasteiger partial charge in [-0.25, -0.2) is 0 Å². The number of nitrogens with one attached hydrogen (secondary N) is 1. The van der Waals surface area contributed by atoms with Crippen LogP contribution in [0, 0.1) is 0 Å². The van der Waals surface area contributed by atoms with E-state index in [1.165, 1.54) is 0 Å². The van der Waals surface area contributed by atoms with Crippen LogP contribution < -0.4 is 5.73 Å². The van der Waals surface area contributed by atoms with Crippen molar-refractivity contribution in [1.82, 2.24) is 4.98 Å². The van der Waals surface area contributed by atoms with Gasteiger partial charge in [-0.1, -0.05) is 18.2 Å². The summed E-state index contributed by atoms with van der Waals surface area (Å²) in [6, 6.07) is 6.91. The van der Waals surface area contributed by atoms with E-state index in [9.17, 15) is 4.79 Å². The minimum atomic E-state index is -0.972. The lowest BCUT2D eigenvalue weighted by Gasteiger charge is -2.04. The fourth-order valence-corrected chi connectivity index (χ4v) is 1.62. The molecule has 0 spiro atoms. The predicted molar refractivity (Wildman–Crippen MR) is 72.1 cm³/mol. The van der Waals surface area contributed by atoms with E-state index in [1.54, 1.807) is 0 Å². The second-order valence-corrected chi connectivity index (χ2v) is 3.51. The number of carboxylic acid groups (broad SMARTS) is 1. The molecule has 2 rings (SSSR count). The first-order valence-electron chi connectivity index (χ1n) is 4.72. The lowest BCUT2D eigenvalue weighted by molar-refractivity contribution is -0.138. The van der Waals surface area contributed by atoms with Gasteiger partial charge in [0.2, 0.25) is 0 Å². The summed E-state index contributed by atoms with van der Waals surface area (Å²) >= 11 is 0. The number of para-hydroxylation sites is 1. The second kappa shape index (κ2) is 6.49. The Hall–Kier alpha value is -1.23. The van der Waals surface area contributed by atoms with Crippen LogP contribution in [0.4, 0.5) is 0 Å². The zero-order valence-electron chi connectivity index (χ0n) is 8.92. The van der Waals surface area contributed by atoms with E-state index in [0.29, 0.717) is 6.42 Å². The summed E-state index contributed by atoms with van der Waals surface area (Å²) in [5.41, 5.74) is 7.43. The number of hydrogen-bond donors (Lipinski definition) is 3. The number of rotatable bonds is 3. The summed E-state index contributed by atoms with van der Waals surface area (Å²) in [7, 11) is 0. The van der Waals surface area contributed by atoms with Crippen LogP contribution in [0.3, 0.4) is 0 Å². The minimum absolute atomic E-state index is 0. The number of aromatic nitrogens is 1. The molecule has 0 saturated heterocycles. The van der Waals surface area contributed by atoms with Gasteiger partial charge in [-0.15, -0.1) is 24.8 Å². The van der Waals surface area contributed by atoms with Gasteiger partial charge in [-0.05, 0) is 11.6 Å². The molecule has 0 bridgehead atoms. The van der Waals surface area contributed by atoms with Crippen LogP contribution in [0.5, 0.6) is 0 Å². The first kappa shape index (κ1) is 15.8. The molecule has 0 fully saturated rings. The highest BCUT2D eigenvalue weighted by Crippen LogP contribution is 2.18. The Morgan fingerprint density at radius 2 is 2.00 bits per heavy atom. The zero-order chi connectivity index (χ0) is 10.8. The number of H-pyrrole nitrogens is 1. The molecule has 0 aliphatic heterocycles. The molecule has 17 heavy (non-hydrogen) atoms. The van der Waals surface area contributed by atoms with Crippen LogP contribution in [-0.4, -0.2) is 22.1 Å². The van der Waals surface area contributed by atoms with Crippen LogP contribution in [0.1, 0.15) is 5.56 Å². The van der Waals surface area contributed by atoms with Crippen LogP contribution in [0.15, 0.2) is 30.5 Å². The standard InChI is InChI=1S/C11H12N2O2.2ClH/c12-9(11(14)15)5-7-6-13-10-4-2-1-3-8(7)10;;/h1-4,6,9,13H,5,12H2,(H,14,15);2*1H. The van der Waals surface area contributed by atoms with Crippen molar-refractivity contribution >= 4 is 41.7 Å². The lowest BCUT2D eigenvalue weighted by atomic mass is 10.1. The van der Waals surface area contributed by atoms with E-state index in [2.05, 4.69) is 4.98 Å². The summed E-state index contributed by atoms with van der Waals surface area (Å²) in [6.45, 7) is 0. The Kier molecular flexibility index (Phi) is 6.02. The number of carbonyl (C=O) groups is 1. The topological polar surface area (TPSA) is 79.1 Å². The van der Waals surface area contributed by atoms with Gasteiger partial charge in [-0.3, -0.25) is 4.79 Å². The molecule has 0 saturated carbocycles. The number of hydrogen-bond acceptors (Lipinski definition) is 2. The van der Waals surface area contributed by atoms with Gasteiger partial charge >= 0.3 is 5.97 Å². The Morgan fingerprint density at radius 1 is 1.35 bits per heavy atom. The number of aromatic amines is 1. The Balaban J connectivity index is 0.00000128. The van der Waals surface area contributed by atoms with Crippen molar-refractivity contribution in [2.75, 3.05) is 0 Å². The maximum absolute atomic E-state index is 10.6. The molecule has 94 valence electrons. The molecule has 1 aromatic heterocycles. The highest BCUT2D eigenvalue weighted by Gasteiger charge is 2.14. The van der Waals surface area contributed by atoms with Crippen molar-refractivity contribution in [3.8, 4) is 0 Å². The van der Waals surface area contributed by atoms with Crippen molar-refractivity contribution in [2.24, 2.45) is 5.73 Å². The van der Waals surface area contributed by atoms with Gasteiger partial charge < -0.3 is 15.8 Å². The van der Waals surface area contributed by atoms with Gasteiger partial charge in [0.25, 0.3) is 0 Å². The molecule has 0 amide bonds. The third kappa shape index (κ3) is 3.36. The predicted octanol–water partition coefficient (Wildman–Crippen LogP) is 1.97. The summed E-state index contributed by atoms with van der Waals surface area (Å²) in [5, 5.41) is 9.75. The van der Waals surface area contributed by atoms with Gasteiger partial charge in [0, 0.05) is 23.5 Å². The number of nitrogens with two attached hydrogens (primary N) is 1. The number of halogens is 2. The van der Waals surface area contributed by atoms with E-state index in [4.69, 9.17) is 10.8 Å². The molecule has 2 aromatic rings. The monoisotopic (exact) mass is 276 g/mol. The number of fused-ring (bicyclic) bond motifs is 1.